The minimum absolute atomic E-state index is 0.0460. The van der Waals surface area contributed by atoms with Gasteiger partial charge in [-0.15, -0.1) is 0 Å². The van der Waals surface area contributed by atoms with Crippen LogP contribution in [-0.4, -0.2) is 42.9 Å². The SMILES string of the molecule is Cc1cc(C(=O)N2CCC(C)CC2)ccc1NC(=O)C1(C)CCNC1. The topological polar surface area (TPSA) is 61.4 Å². The van der Waals surface area contributed by atoms with E-state index in [0.717, 1.165) is 50.1 Å². The standard InChI is InChI=1S/C20H29N3O2/c1-14-6-10-23(11-7-14)18(24)16-4-5-17(15(2)12-16)22-19(25)20(3)8-9-21-13-20/h4-5,12,14,21H,6-11,13H2,1-3H3,(H,22,25). The van der Waals surface area contributed by atoms with Crippen LogP contribution in [0.1, 0.15) is 49.0 Å². The van der Waals surface area contributed by atoms with E-state index in [2.05, 4.69) is 17.6 Å². The molecule has 5 nitrogen and oxygen atoms in total. The van der Waals surface area contributed by atoms with Gasteiger partial charge in [0.2, 0.25) is 5.91 Å². The maximum absolute atomic E-state index is 12.7. The average molecular weight is 343 g/mol. The van der Waals surface area contributed by atoms with Crippen LogP contribution in [0.15, 0.2) is 18.2 Å². The third kappa shape index (κ3) is 3.87. The van der Waals surface area contributed by atoms with Crippen molar-refractivity contribution < 1.29 is 9.59 Å². The van der Waals surface area contributed by atoms with Crippen LogP contribution >= 0.6 is 0 Å². The number of benzene rings is 1. The molecule has 1 atom stereocenters. The maximum atomic E-state index is 12.7. The molecule has 0 bridgehead atoms. The fourth-order valence-electron chi connectivity index (χ4n) is 3.62. The van der Waals surface area contributed by atoms with Crippen molar-refractivity contribution in [3.8, 4) is 0 Å². The molecule has 136 valence electrons. The van der Waals surface area contributed by atoms with Crippen molar-refractivity contribution in [1.82, 2.24) is 10.2 Å². The van der Waals surface area contributed by atoms with Gasteiger partial charge in [-0.1, -0.05) is 6.92 Å². The molecule has 2 saturated heterocycles. The average Bonchev–Trinajstić information content (AvgIpc) is 3.05. The highest BCUT2D eigenvalue weighted by Gasteiger charge is 2.36. The van der Waals surface area contributed by atoms with Gasteiger partial charge in [0.15, 0.2) is 0 Å². The summed E-state index contributed by atoms with van der Waals surface area (Å²) >= 11 is 0. The monoisotopic (exact) mass is 343 g/mol. The summed E-state index contributed by atoms with van der Waals surface area (Å²) in [5, 5.41) is 6.29. The van der Waals surface area contributed by atoms with Crippen LogP contribution in [0.2, 0.25) is 0 Å². The van der Waals surface area contributed by atoms with E-state index < -0.39 is 0 Å². The Balaban J connectivity index is 1.68. The smallest absolute Gasteiger partial charge is 0.253 e. The predicted molar refractivity (Wildman–Crippen MR) is 99.7 cm³/mol. The first-order valence-corrected chi connectivity index (χ1v) is 9.31. The summed E-state index contributed by atoms with van der Waals surface area (Å²) in [5.74, 6) is 0.847. The van der Waals surface area contributed by atoms with Crippen LogP contribution in [-0.2, 0) is 4.79 Å². The molecular formula is C20H29N3O2. The molecule has 0 saturated carbocycles. The van der Waals surface area contributed by atoms with Gasteiger partial charge in [0.1, 0.15) is 0 Å². The summed E-state index contributed by atoms with van der Waals surface area (Å²) in [5.41, 5.74) is 2.07. The van der Waals surface area contributed by atoms with Gasteiger partial charge in [-0.05, 0) is 69.3 Å². The van der Waals surface area contributed by atoms with Crippen molar-refractivity contribution in [2.75, 3.05) is 31.5 Å². The first kappa shape index (κ1) is 17.9. The fourth-order valence-corrected chi connectivity index (χ4v) is 3.62. The molecular weight excluding hydrogens is 314 g/mol. The van der Waals surface area contributed by atoms with Crippen LogP contribution in [0.3, 0.4) is 0 Å². The number of hydrogen-bond donors (Lipinski definition) is 2. The molecule has 25 heavy (non-hydrogen) atoms. The van der Waals surface area contributed by atoms with Crippen LogP contribution in [0, 0.1) is 18.3 Å². The van der Waals surface area contributed by atoms with Crippen LogP contribution in [0.4, 0.5) is 5.69 Å². The highest BCUT2D eigenvalue weighted by molar-refractivity contribution is 5.98. The zero-order valence-electron chi connectivity index (χ0n) is 15.5. The Hall–Kier alpha value is -1.88. The summed E-state index contributed by atoms with van der Waals surface area (Å²) in [4.78, 5) is 27.2. The molecule has 0 spiro atoms. The number of nitrogens with one attached hydrogen (secondary N) is 2. The second-order valence-corrected chi connectivity index (χ2v) is 7.95. The molecule has 2 aliphatic rings. The van der Waals surface area contributed by atoms with E-state index in [1.807, 2.05) is 36.9 Å². The first-order chi connectivity index (χ1) is 11.9. The minimum atomic E-state index is -0.356. The molecule has 2 aliphatic heterocycles. The highest BCUT2D eigenvalue weighted by atomic mass is 16.2. The molecule has 5 heteroatoms. The summed E-state index contributed by atoms with van der Waals surface area (Å²) in [6.45, 7) is 9.44. The van der Waals surface area contributed by atoms with Crippen molar-refractivity contribution in [2.24, 2.45) is 11.3 Å². The van der Waals surface area contributed by atoms with Gasteiger partial charge in [-0.2, -0.15) is 0 Å². The molecule has 2 N–H and O–H groups in total. The molecule has 1 unspecified atom stereocenters. The van der Waals surface area contributed by atoms with Gasteiger partial charge in [0.05, 0.1) is 5.41 Å². The first-order valence-electron chi connectivity index (χ1n) is 9.31. The number of aryl methyl sites for hydroxylation is 1. The van der Waals surface area contributed by atoms with Gasteiger partial charge in [-0.25, -0.2) is 0 Å². The summed E-state index contributed by atoms with van der Waals surface area (Å²) in [6, 6.07) is 5.59. The number of likely N-dealkylation sites (tertiary alicyclic amines) is 1. The number of rotatable bonds is 3. The molecule has 3 rings (SSSR count). The Morgan fingerprint density at radius 2 is 2.00 bits per heavy atom. The minimum Gasteiger partial charge on any atom is -0.339 e. The van der Waals surface area contributed by atoms with E-state index in [1.165, 1.54) is 0 Å². The highest BCUT2D eigenvalue weighted by Crippen LogP contribution is 2.28. The fraction of sp³-hybridized carbons (Fsp3) is 0.600. The zero-order valence-corrected chi connectivity index (χ0v) is 15.5. The van der Waals surface area contributed by atoms with E-state index in [4.69, 9.17) is 0 Å². The molecule has 0 aliphatic carbocycles. The lowest BCUT2D eigenvalue weighted by Gasteiger charge is -2.30. The summed E-state index contributed by atoms with van der Waals surface area (Å²) in [6.07, 6.45) is 3.00. The normalized spacial score (nSPS) is 24.4. The zero-order chi connectivity index (χ0) is 18.0. The van der Waals surface area contributed by atoms with E-state index in [-0.39, 0.29) is 17.2 Å². The molecule has 1 aromatic rings. The second-order valence-electron chi connectivity index (χ2n) is 7.95. The summed E-state index contributed by atoms with van der Waals surface area (Å²) in [7, 11) is 0. The number of hydrogen-bond acceptors (Lipinski definition) is 3. The van der Waals surface area contributed by atoms with Crippen molar-refractivity contribution in [3.05, 3.63) is 29.3 Å². The van der Waals surface area contributed by atoms with Gasteiger partial charge in [0, 0.05) is 30.9 Å². The van der Waals surface area contributed by atoms with Crippen LogP contribution < -0.4 is 10.6 Å². The third-order valence-corrected chi connectivity index (χ3v) is 5.71. The van der Waals surface area contributed by atoms with Crippen LogP contribution in [0.25, 0.3) is 0 Å². The van der Waals surface area contributed by atoms with Crippen LogP contribution in [0.5, 0.6) is 0 Å². The van der Waals surface area contributed by atoms with Gasteiger partial charge >= 0.3 is 0 Å². The Morgan fingerprint density at radius 1 is 1.28 bits per heavy atom. The molecule has 2 fully saturated rings. The number of piperidine rings is 1. The Morgan fingerprint density at radius 3 is 2.60 bits per heavy atom. The number of anilines is 1. The number of nitrogens with zero attached hydrogens (tertiary/aromatic N) is 1. The predicted octanol–water partition coefficient (Wildman–Crippen LogP) is 2.81. The second kappa shape index (κ2) is 7.16. The van der Waals surface area contributed by atoms with Crippen molar-refractivity contribution >= 4 is 17.5 Å². The molecule has 1 aromatic carbocycles. The molecule has 2 heterocycles. The van der Waals surface area contributed by atoms with Gasteiger partial charge < -0.3 is 15.5 Å². The summed E-state index contributed by atoms with van der Waals surface area (Å²) < 4.78 is 0. The van der Waals surface area contributed by atoms with E-state index in [9.17, 15) is 9.59 Å². The van der Waals surface area contributed by atoms with E-state index in [1.54, 1.807) is 0 Å². The number of carbonyl (C=O) groups excluding carboxylic acids is 2. The van der Waals surface area contributed by atoms with Crippen molar-refractivity contribution in [2.45, 2.75) is 40.0 Å². The van der Waals surface area contributed by atoms with Crippen molar-refractivity contribution in [1.29, 1.82) is 0 Å². The van der Waals surface area contributed by atoms with Gasteiger partial charge in [-0.3, -0.25) is 9.59 Å². The molecule has 0 radical (unpaired) electrons. The lowest BCUT2D eigenvalue weighted by atomic mass is 9.88. The van der Waals surface area contributed by atoms with E-state index in [0.29, 0.717) is 18.0 Å². The number of amides is 2. The lowest BCUT2D eigenvalue weighted by molar-refractivity contribution is -0.123. The third-order valence-electron chi connectivity index (χ3n) is 5.71. The Bertz CT molecular complexity index is 657. The largest absolute Gasteiger partial charge is 0.339 e. The molecule has 0 aromatic heterocycles. The molecule has 2 amide bonds. The number of carbonyl (C=O) groups is 2. The van der Waals surface area contributed by atoms with Gasteiger partial charge in [0.25, 0.3) is 5.91 Å². The van der Waals surface area contributed by atoms with E-state index >= 15 is 0 Å². The Kier molecular flexibility index (Phi) is 5.13. The Labute approximate surface area is 150 Å². The lowest BCUT2D eigenvalue weighted by Crippen LogP contribution is -2.38. The maximum Gasteiger partial charge on any atom is 0.253 e. The quantitative estimate of drug-likeness (QED) is 0.887. The van der Waals surface area contributed by atoms with Crippen molar-refractivity contribution in [3.63, 3.8) is 0 Å².